The smallest absolute Gasteiger partial charge is 0.269 e. The average Bonchev–Trinajstić information content (AvgIpc) is 2.67. The monoisotopic (exact) mass is 391 g/mol. The van der Waals surface area contributed by atoms with Gasteiger partial charge in [0, 0.05) is 37.3 Å². The summed E-state index contributed by atoms with van der Waals surface area (Å²) in [6.45, 7) is 1.33. The van der Waals surface area contributed by atoms with E-state index >= 15 is 0 Å². The Morgan fingerprint density at radius 1 is 1.26 bits per heavy atom. The van der Waals surface area contributed by atoms with Crippen LogP contribution >= 0.6 is 0 Å². The lowest BCUT2D eigenvalue weighted by Crippen LogP contribution is -2.49. The topological polar surface area (TPSA) is 102 Å². The third-order valence-electron chi connectivity index (χ3n) is 4.52. The molecular formula is C18H21N3O5S. The number of piperazine rings is 1. The lowest BCUT2D eigenvalue weighted by Gasteiger charge is -2.36. The van der Waals surface area contributed by atoms with Crippen molar-refractivity contribution >= 4 is 15.7 Å². The fourth-order valence-electron chi connectivity index (χ4n) is 3.28. The van der Waals surface area contributed by atoms with E-state index in [9.17, 15) is 18.5 Å². The Morgan fingerprint density at radius 3 is 2.78 bits per heavy atom. The molecule has 0 bridgehead atoms. The zero-order valence-electron chi connectivity index (χ0n) is 14.9. The van der Waals surface area contributed by atoms with Crippen LogP contribution in [0.5, 0.6) is 5.75 Å². The number of sulfonamides is 1. The molecule has 2 aromatic rings. The number of non-ortho nitro benzene ring substituents is 1. The molecule has 1 aliphatic heterocycles. The van der Waals surface area contributed by atoms with Gasteiger partial charge in [-0.3, -0.25) is 10.1 Å². The first-order chi connectivity index (χ1) is 12.9. The fourth-order valence-corrected chi connectivity index (χ4v) is 4.99. The normalized spacial score (nSPS) is 18.2. The Kier molecular flexibility index (Phi) is 5.73. The largest absolute Gasteiger partial charge is 0.496 e. The number of hydrogen-bond donors (Lipinski definition) is 1. The predicted octanol–water partition coefficient (Wildman–Crippen LogP) is 2.08. The van der Waals surface area contributed by atoms with Gasteiger partial charge in [0.25, 0.3) is 5.69 Å². The Bertz CT molecular complexity index is 932. The first-order valence-electron chi connectivity index (χ1n) is 8.49. The van der Waals surface area contributed by atoms with Crippen LogP contribution in [0.25, 0.3) is 0 Å². The zero-order chi connectivity index (χ0) is 19.4. The minimum Gasteiger partial charge on any atom is -0.496 e. The third-order valence-corrected chi connectivity index (χ3v) is 6.37. The van der Waals surface area contributed by atoms with Crippen molar-refractivity contribution in [3.63, 3.8) is 0 Å². The summed E-state index contributed by atoms with van der Waals surface area (Å²) in [6.07, 6.45) is 0. The van der Waals surface area contributed by atoms with Crippen LogP contribution in [0.3, 0.4) is 0 Å². The van der Waals surface area contributed by atoms with Crippen molar-refractivity contribution in [3.8, 4) is 5.75 Å². The SMILES string of the molecule is COc1ccccc1C1CNCCN1S(=O)(=O)Cc1cccc([N+](=O)[O-])c1. The Morgan fingerprint density at radius 2 is 2.04 bits per heavy atom. The summed E-state index contributed by atoms with van der Waals surface area (Å²) < 4.78 is 33.1. The molecule has 0 radical (unpaired) electrons. The van der Waals surface area contributed by atoms with E-state index in [2.05, 4.69) is 5.32 Å². The molecule has 0 amide bonds. The Labute approximate surface area is 158 Å². The molecule has 2 aromatic carbocycles. The number of ether oxygens (including phenoxy) is 1. The maximum atomic E-state index is 13.1. The van der Waals surface area contributed by atoms with Crippen LogP contribution < -0.4 is 10.1 Å². The van der Waals surface area contributed by atoms with Gasteiger partial charge in [-0.25, -0.2) is 8.42 Å². The maximum Gasteiger partial charge on any atom is 0.269 e. The van der Waals surface area contributed by atoms with E-state index in [4.69, 9.17) is 4.74 Å². The van der Waals surface area contributed by atoms with Gasteiger partial charge in [-0.2, -0.15) is 4.31 Å². The summed E-state index contributed by atoms with van der Waals surface area (Å²) in [5.74, 6) is 0.335. The molecule has 0 spiro atoms. The second-order valence-corrected chi connectivity index (χ2v) is 8.18. The van der Waals surface area contributed by atoms with Gasteiger partial charge in [-0.15, -0.1) is 0 Å². The molecule has 1 N–H and O–H groups in total. The highest BCUT2D eigenvalue weighted by atomic mass is 32.2. The summed E-state index contributed by atoms with van der Waals surface area (Å²) >= 11 is 0. The quantitative estimate of drug-likeness (QED) is 0.598. The number of nitrogens with one attached hydrogen (secondary N) is 1. The molecule has 0 saturated carbocycles. The molecule has 0 aliphatic carbocycles. The standard InChI is InChI=1S/C18H21N3O5S/c1-26-18-8-3-2-7-16(18)17-12-19-9-10-20(17)27(24,25)13-14-5-4-6-15(11-14)21(22)23/h2-8,11,17,19H,9-10,12-13H2,1H3. The van der Waals surface area contributed by atoms with E-state index in [0.717, 1.165) is 5.56 Å². The highest BCUT2D eigenvalue weighted by Gasteiger charge is 2.34. The van der Waals surface area contributed by atoms with Crippen LogP contribution in [0.4, 0.5) is 5.69 Å². The van der Waals surface area contributed by atoms with Crippen molar-refractivity contribution < 1.29 is 18.1 Å². The Balaban J connectivity index is 1.91. The van der Waals surface area contributed by atoms with E-state index in [1.165, 1.54) is 22.5 Å². The second kappa shape index (κ2) is 8.03. The van der Waals surface area contributed by atoms with Crippen molar-refractivity contribution in [2.24, 2.45) is 0 Å². The van der Waals surface area contributed by atoms with Crippen molar-refractivity contribution in [2.45, 2.75) is 11.8 Å². The van der Waals surface area contributed by atoms with E-state index in [-0.39, 0.29) is 11.4 Å². The highest BCUT2D eigenvalue weighted by molar-refractivity contribution is 7.88. The number of hydrogen-bond acceptors (Lipinski definition) is 6. The highest BCUT2D eigenvalue weighted by Crippen LogP contribution is 2.33. The van der Waals surface area contributed by atoms with Crippen LogP contribution in [0, 0.1) is 10.1 Å². The molecule has 1 saturated heterocycles. The molecule has 8 nitrogen and oxygen atoms in total. The summed E-state index contributed by atoms with van der Waals surface area (Å²) in [5.41, 5.74) is 1.06. The van der Waals surface area contributed by atoms with E-state index in [1.807, 2.05) is 18.2 Å². The lowest BCUT2D eigenvalue weighted by molar-refractivity contribution is -0.384. The van der Waals surface area contributed by atoms with Crippen molar-refractivity contribution in [2.75, 3.05) is 26.7 Å². The molecule has 1 unspecified atom stereocenters. The molecule has 0 aromatic heterocycles. The lowest BCUT2D eigenvalue weighted by atomic mass is 10.0. The van der Waals surface area contributed by atoms with Crippen molar-refractivity contribution in [1.82, 2.24) is 9.62 Å². The molecule has 1 atom stereocenters. The first-order valence-corrected chi connectivity index (χ1v) is 10.1. The first kappa shape index (κ1) is 19.3. The number of para-hydroxylation sites is 1. The summed E-state index contributed by atoms with van der Waals surface area (Å²) in [6, 6.07) is 12.7. The number of methoxy groups -OCH3 is 1. The number of nitro benzene ring substituents is 1. The van der Waals surface area contributed by atoms with Gasteiger partial charge in [0.1, 0.15) is 5.75 Å². The van der Waals surface area contributed by atoms with Gasteiger partial charge in [0.2, 0.25) is 10.0 Å². The molecule has 9 heteroatoms. The molecule has 1 aliphatic rings. The minimum absolute atomic E-state index is 0.121. The molecule has 3 rings (SSSR count). The van der Waals surface area contributed by atoms with Crippen molar-refractivity contribution in [3.05, 3.63) is 69.8 Å². The molecule has 1 fully saturated rings. The fraction of sp³-hybridized carbons (Fsp3) is 0.333. The minimum atomic E-state index is -3.69. The third kappa shape index (κ3) is 4.26. The van der Waals surface area contributed by atoms with Crippen LogP contribution in [0.15, 0.2) is 48.5 Å². The van der Waals surface area contributed by atoms with Crippen LogP contribution in [0.1, 0.15) is 17.2 Å². The van der Waals surface area contributed by atoms with Crippen LogP contribution in [-0.2, 0) is 15.8 Å². The summed E-state index contributed by atoms with van der Waals surface area (Å²) in [4.78, 5) is 10.4. The number of benzene rings is 2. The molecule has 144 valence electrons. The number of rotatable bonds is 6. The van der Waals surface area contributed by atoms with Gasteiger partial charge in [0.05, 0.1) is 23.8 Å². The van der Waals surface area contributed by atoms with E-state index in [1.54, 1.807) is 19.2 Å². The number of nitrogens with zero attached hydrogens (tertiary/aromatic N) is 2. The summed E-state index contributed by atoms with van der Waals surface area (Å²) in [7, 11) is -2.13. The average molecular weight is 391 g/mol. The maximum absolute atomic E-state index is 13.1. The van der Waals surface area contributed by atoms with Gasteiger partial charge < -0.3 is 10.1 Å². The summed E-state index contributed by atoms with van der Waals surface area (Å²) in [5, 5.41) is 14.2. The van der Waals surface area contributed by atoms with E-state index in [0.29, 0.717) is 30.9 Å². The van der Waals surface area contributed by atoms with Crippen LogP contribution in [-0.4, -0.2) is 44.4 Å². The van der Waals surface area contributed by atoms with Crippen LogP contribution in [0.2, 0.25) is 0 Å². The van der Waals surface area contributed by atoms with Gasteiger partial charge in [0.15, 0.2) is 0 Å². The number of nitro groups is 1. The molecular weight excluding hydrogens is 370 g/mol. The Hall–Kier alpha value is -2.49. The predicted molar refractivity (Wildman–Crippen MR) is 101 cm³/mol. The zero-order valence-corrected chi connectivity index (χ0v) is 15.7. The van der Waals surface area contributed by atoms with Gasteiger partial charge >= 0.3 is 0 Å². The van der Waals surface area contributed by atoms with Gasteiger partial charge in [-0.1, -0.05) is 30.3 Å². The molecule has 1 heterocycles. The van der Waals surface area contributed by atoms with Gasteiger partial charge in [-0.05, 0) is 11.6 Å². The molecule has 27 heavy (non-hydrogen) atoms. The van der Waals surface area contributed by atoms with E-state index < -0.39 is 21.0 Å². The van der Waals surface area contributed by atoms with Crippen molar-refractivity contribution in [1.29, 1.82) is 0 Å². The second-order valence-electron chi connectivity index (χ2n) is 6.26.